The fraction of sp³-hybridized carbons (Fsp3) is 0.400. The maximum absolute atomic E-state index is 11.1. The summed E-state index contributed by atoms with van der Waals surface area (Å²) in [5, 5.41) is 6.79. The van der Waals surface area contributed by atoms with Gasteiger partial charge in [0.25, 0.3) is 0 Å². The molecule has 1 aliphatic carbocycles. The monoisotopic (exact) mass is 432 g/mol. The fourth-order valence-electron chi connectivity index (χ4n) is 4.61. The summed E-state index contributed by atoms with van der Waals surface area (Å²) < 4.78 is 11.8. The number of aryl methyl sites for hydroxylation is 1. The zero-order valence-electron chi connectivity index (χ0n) is 18.1. The van der Waals surface area contributed by atoms with Crippen LogP contribution in [-0.4, -0.2) is 49.3 Å². The average molecular weight is 433 g/mol. The normalized spacial score (nSPS) is 18.6. The van der Waals surface area contributed by atoms with E-state index in [1.807, 2.05) is 24.3 Å². The summed E-state index contributed by atoms with van der Waals surface area (Å²) in [6.07, 6.45) is 5.27. The lowest BCUT2D eigenvalue weighted by Gasteiger charge is -2.26. The smallest absolute Gasteiger partial charge is 0.142 e. The molecule has 0 bridgehead atoms. The first-order chi connectivity index (χ1) is 15.8. The van der Waals surface area contributed by atoms with Gasteiger partial charge in [0.1, 0.15) is 17.6 Å². The summed E-state index contributed by atoms with van der Waals surface area (Å²) in [5.74, 6) is 1.76. The number of hydrogen-bond donors (Lipinski definition) is 1. The molecule has 0 radical (unpaired) electrons. The number of ether oxygens (including phenoxy) is 1. The van der Waals surface area contributed by atoms with Crippen molar-refractivity contribution < 1.29 is 9.15 Å². The topological polar surface area (TPSA) is 80.0 Å². The lowest BCUT2D eigenvalue weighted by Crippen LogP contribution is -2.40. The molecule has 5 rings (SSSR count). The van der Waals surface area contributed by atoms with Crippen LogP contribution in [0.4, 0.5) is 0 Å². The summed E-state index contributed by atoms with van der Waals surface area (Å²) in [4.78, 5) is 17.7. The second kappa shape index (κ2) is 9.73. The molecule has 1 aromatic carbocycles. The van der Waals surface area contributed by atoms with E-state index in [1.165, 1.54) is 5.56 Å². The standard InChI is InChI=1S/C25H28N4O3/c30-28-24-4-2-19-15-20(1-3-22(19)24)25-23(18-5-7-26-8-6-18)16-21(32-25)17-27-9-10-29-11-13-31-14-12-29/h1,3,5-8,15-16,24,27H,2,4,9-14,17H2. The van der Waals surface area contributed by atoms with Crippen molar-refractivity contribution in [1.29, 1.82) is 0 Å². The third-order valence-electron chi connectivity index (χ3n) is 6.36. The zero-order chi connectivity index (χ0) is 21.8. The number of nitrogens with one attached hydrogen (secondary N) is 1. The highest BCUT2D eigenvalue weighted by Gasteiger charge is 2.24. The van der Waals surface area contributed by atoms with E-state index in [2.05, 4.69) is 32.5 Å². The number of morpholine rings is 1. The molecular formula is C25H28N4O3. The summed E-state index contributed by atoms with van der Waals surface area (Å²) in [5.41, 5.74) is 5.40. The Bertz CT molecular complexity index is 1060. The number of pyridine rings is 1. The van der Waals surface area contributed by atoms with Crippen LogP contribution in [0.15, 0.2) is 58.4 Å². The molecule has 3 aromatic rings. The van der Waals surface area contributed by atoms with Gasteiger partial charge in [0.05, 0.1) is 19.8 Å². The minimum atomic E-state index is -0.221. The van der Waals surface area contributed by atoms with Crippen molar-refractivity contribution in [2.75, 3.05) is 39.4 Å². The number of nitrogens with zero attached hydrogens (tertiary/aromatic N) is 3. The minimum Gasteiger partial charge on any atom is -0.459 e. The van der Waals surface area contributed by atoms with Crippen molar-refractivity contribution in [3.63, 3.8) is 0 Å². The number of nitroso groups, excluding NO2 is 1. The highest BCUT2D eigenvalue weighted by Crippen LogP contribution is 2.40. The Labute approximate surface area is 187 Å². The van der Waals surface area contributed by atoms with Gasteiger partial charge in [-0.15, -0.1) is 0 Å². The van der Waals surface area contributed by atoms with Gasteiger partial charge < -0.3 is 14.5 Å². The number of furan rings is 1. The van der Waals surface area contributed by atoms with E-state index in [4.69, 9.17) is 9.15 Å². The van der Waals surface area contributed by atoms with Crippen LogP contribution in [0.1, 0.15) is 29.3 Å². The largest absolute Gasteiger partial charge is 0.459 e. The summed E-state index contributed by atoms with van der Waals surface area (Å²) >= 11 is 0. The number of rotatable bonds is 8. The third-order valence-corrected chi connectivity index (χ3v) is 6.36. The van der Waals surface area contributed by atoms with Crippen LogP contribution in [0.2, 0.25) is 0 Å². The summed E-state index contributed by atoms with van der Waals surface area (Å²) in [6, 6.07) is 12.1. The molecule has 166 valence electrons. The van der Waals surface area contributed by atoms with Crippen molar-refractivity contribution in [2.45, 2.75) is 25.4 Å². The van der Waals surface area contributed by atoms with E-state index in [-0.39, 0.29) is 6.04 Å². The molecule has 1 atom stereocenters. The van der Waals surface area contributed by atoms with Crippen LogP contribution in [0.25, 0.3) is 22.5 Å². The first-order valence-electron chi connectivity index (χ1n) is 11.3. The average Bonchev–Trinajstić information content (AvgIpc) is 3.47. The van der Waals surface area contributed by atoms with E-state index in [0.717, 1.165) is 86.0 Å². The van der Waals surface area contributed by atoms with E-state index in [9.17, 15) is 4.91 Å². The van der Waals surface area contributed by atoms with E-state index < -0.39 is 0 Å². The molecule has 7 nitrogen and oxygen atoms in total. The Morgan fingerprint density at radius 1 is 1.09 bits per heavy atom. The SMILES string of the molecule is O=NC1CCc2cc(-c3oc(CNCCN4CCOCC4)cc3-c3ccncc3)ccc21. The molecule has 1 fully saturated rings. The van der Waals surface area contributed by atoms with Crippen LogP contribution in [0.5, 0.6) is 0 Å². The molecule has 1 saturated heterocycles. The van der Waals surface area contributed by atoms with E-state index >= 15 is 0 Å². The number of hydrogen-bond acceptors (Lipinski definition) is 7. The second-order valence-corrected chi connectivity index (χ2v) is 8.40. The molecule has 2 aliphatic rings. The molecule has 0 spiro atoms. The molecule has 3 heterocycles. The van der Waals surface area contributed by atoms with Crippen LogP contribution in [0.3, 0.4) is 0 Å². The number of fused-ring (bicyclic) bond motifs is 1. The molecule has 0 amide bonds. The van der Waals surface area contributed by atoms with Gasteiger partial charge in [-0.25, -0.2) is 0 Å². The Hall–Kier alpha value is -2.87. The predicted octanol–water partition coefficient (Wildman–Crippen LogP) is 4.18. The summed E-state index contributed by atoms with van der Waals surface area (Å²) in [7, 11) is 0. The molecule has 1 N–H and O–H groups in total. The molecule has 1 aliphatic heterocycles. The van der Waals surface area contributed by atoms with E-state index in [1.54, 1.807) is 12.4 Å². The van der Waals surface area contributed by atoms with Crippen molar-refractivity contribution in [2.24, 2.45) is 5.18 Å². The van der Waals surface area contributed by atoms with Gasteiger partial charge in [0.2, 0.25) is 0 Å². The van der Waals surface area contributed by atoms with Gasteiger partial charge in [-0.2, -0.15) is 4.91 Å². The Kier molecular flexibility index (Phi) is 6.39. The van der Waals surface area contributed by atoms with Crippen LogP contribution < -0.4 is 5.32 Å². The van der Waals surface area contributed by atoms with Crippen molar-refractivity contribution >= 4 is 0 Å². The molecular weight excluding hydrogens is 404 g/mol. The zero-order valence-corrected chi connectivity index (χ0v) is 18.1. The second-order valence-electron chi connectivity index (χ2n) is 8.40. The van der Waals surface area contributed by atoms with Crippen LogP contribution in [0, 0.1) is 4.91 Å². The Balaban J connectivity index is 1.35. The third kappa shape index (κ3) is 4.50. The highest BCUT2D eigenvalue weighted by molar-refractivity contribution is 5.80. The number of benzene rings is 1. The fourth-order valence-corrected chi connectivity index (χ4v) is 4.61. The summed E-state index contributed by atoms with van der Waals surface area (Å²) in [6.45, 7) is 6.21. The molecule has 0 saturated carbocycles. The lowest BCUT2D eigenvalue weighted by atomic mass is 9.99. The molecule has 7 heteroatoms. The van der Waals surface area contributed by atoms with Crippen molar-refractivity contribution in [3.05, 3.63) is 70.6 Å². The van der Waals surface area contributed by atoms with Gasteiger partial charge in [-0.3, -0.25) is 9.88 Å². The predicted molar refractivity (Wildman–Crippen MR) is 123 cm³/mol. The van der Waals surface area contributed by atoms with Gasteiger partial charge in [-0.05, 0) is 53.8 Å². The Morgan fingerprint density at radius 2 is 1.94 bits per heavy atom. The van der Waals surface area contributed by atoms with Gasteiger partial charge in [0, 0.05) is 49.7 Å². The maximum atomic E-state index is 11.1. The maximum Gasteiger partial charge on any atom is 0.142 e. The molecule has 2 aromatic heterocycles. The molecule has 32 heavy (non-hydrogen) atoms. The van der Waals surface area contributed by atoms with E-state index in [0.29, 0.717) is 6.54 Å². The first-order valence-corrected chi connectivity index (χ1v) is 11.3. The van der Waals surface area contributed by atoms with Gasteiger partial charge >= 0.3 is 0 Å². The number of aromatic nitrogens is 1. The van der Waals surface area contributed by atoms with Gasteiger partial charge in [-0.1, -0.05) is 17.3 Å². The molecule has 1 unspecified atom stereocenters. The minimum absolute atomic E-state index is 0.221. The quantitative estimate of drug-likeness (QED) is 0.425. The first kappa shape index (κ1) is 21.0. The van der Waals surface area contributed by atoms with Crippen molar-refractivity contribution in [3.8, 4) is 22.5 Å². The van der Waals surface area contributed by atoms with Crippen molar-refractivity contribution in [1.82, 2.24) is 15.2 Å². The van der Waals surface area contributed by atoms with Crippen LogP contribution >= 0.6 is 0 Å². The Morgan fingerprint density at radius 3 is 2.75 bits per heavy atom. The van der Waals surface area contributed by atoms with Crippen LogP contribution in [-0.2, 0) is 17.7 Å². The van der Waals surface area contributed by atoms with Gasteiger partial charge in [0.15, 0.2) is 0 Å². The highest BCUT2D eigenvalue weighted by atomic mass is 16.5. The lowest BCUT2D eigenvalue weighted by molar-refractivity contribution is 0.0383.